The number of nitrogens with zero attached hydrogens (tertiary/aromatic N) is 2. The zero-order valence-electron chi connectivity index (χ0n) is 54.5. The van der Waals surface area contributed by atoms with Gasteiger partial charge >= 0.3 is 0 Å². The molecule has 1 heterocycles. The van der Waals surface area contributed by atoms with Gasteiger partial charge in [0.15, 0.2) is 0 Å². The van der Waals surface area contributed by atoms with Crippen molar-refractivity contribution < 1.29 is 72.8 Å². The molecule has 2 aromatic carbocycles. The minimum atomic E-state index is -1.56. The molecular formula is C62H100N12O15. The first-order valence-corrected chi connectivity index (χ1v) is 30.5. The summed E-state index contributed by atoms with van der Waals surface area (Å²) in [6.45, 7) is 20.1. The van der Waals surface area contributed by atoms with E-state index in [1.807, 2.05) is 62.3 Å². The molecule has 1 aromatic heterocycles. The Morgan fingerprint density at radius 1 is 0.371 bits per heavy atom. The predicted octanol–water partition coefficient (Wildman–Crippen LogP) is -1.17. The molecule has 498 valence electrons. The Hall–Kier alpha value is -7.30. The molecular weight excluding hydrogens is 1150 g/mol. The molecule has 0 aliphatic carbocycles. The van der Waals surface area contributed by atoms with Crippen LogP contribution in [0.25, 0.3) is 21.9 Å². The molecule has 14 N–H and O–H groups in total. The summed E-state index contributed by atoms with van der Waals surface area (Å²) in [6.07, 6.45) is -5.06. The van der Waals surface area contributed by atoms with Crippen LogP contribution in [-0.2, 0) is 60.8 Å². The lowest BCUT2D eigenvalue weighted by Gasteiger charge is -2.30. The maximum Gasteiger partial charge on any atom is 0.245 e. The first-order valence-electron chi connectivity index (χ1n) is 30.5. The Morgan fingerprint density at radius 2 is 0.618 bits per heavy atom. The van der Waals surface area contributed by atoms with E-state index >= 15 is 0 Å². The Kier molecular flexibility index (Phi) is 30.5. The number of hydrogen-bond acceptors (Lipinski definition) is 17. The minimum Gasteiger partial charge on any atom is -0.456 e. The van der Waals surface area contributed by atoms with Crippen LogP contribution in [0.1, 0.15) is 107 Å². The molecule has 0 aliphatic rings. The lowest BCUT2D eigenvalue weighted by Crippen LogP contribution is -2.62. The molecule has 0 fully saturated rings. The average molecular weight is 1250 g/mol. The van der Waals surface area contributed by atoms with Crippen LogP contribution >= 0.6 is 0 Å². The van der Waals surface area contributed by atoms with Crippen molar-refractivity contribution >= 4 is 81.0 Å². The van der Waals surface area contributed by atoms with Crippen molar-refractivity contribution in [2.45, 2.75) is 182 Å². The quantitative estimate of drug-likeness (QED) is 0.0326. The fraction of sp³-hybridized carbons (Fsp3) is 0.645. The van der Waals surface area contributed by atoms with Crippen molar-refractivity contribution in [1.29, 1.82) is 0 Å². The number of hydrogen-bond donors (Lipinski definition) is 14. The molecule has 0 spiro atoms. The molecule has 0 radical (unpaired) electrons. The Balaban J connectivity index is 1.67. The van der Waals surface area contributed by atoms with Gasteiger partial charge in [0, 0.05) is 49.8 Å². The van der Waals surface area contributed by atoms with Crippen LogP contribution in [0.2, 0.25) is 0 Å². The van der Waals surface area contributed by atoms with Crippen LogP contribution < -0.4 is 53.2 Å². The number of benzene rings is 2. The Bertz CT molecular complexity index is 2700. The number of rotatable bonds is 36. The molecule has 27 nitrogen and oxygen atoms in total. The number of furan rings is 1. The second kappa shape index (κ2) is 35.8. The molecule has 0 saturated carbocycles. The van der Waals surface area contributed by atoms with Crippen molar-refractivity contribution in [3.63, 3.8) is 0 Å². The number of fused-ring (bicyclic) bond motifs is 3. The lowest BCUT2D eigenvalue weighted by molar-refractivity contribution is -0.137. The van der Waals surface area contributed by atoms with Gasteiger partial charge in [-0.3, -0.25) is 47.9 Å². The van der Waals surface area contributed by atoms with Crippen molar-refractivity contribution in [2.75, 3.05) is 54.4 Å². The third kappa shape index (κ3) is 23.9. The number of amides is 10. The second-order valence-electron chi connectivity index (χ2n) is 24.9. The monoisotopic (exact) mass is 1250 g/mol. The van der Waals surface area contributed by atoms with Gasteiger partial charge in [-0.05, 0) is 128 Å². The van der Waals surface area contributed by atoms with E-state index in [-0.39, 0.29) is 38.8 Å². The van der Waals surface area contributed by atoms with Gasteiger partial charge in [0.2, 0.25) is 59.1 Å². The van der Waals surface area contributed by atoms with Crippen LogP contribution in [0.3, 0.4) is 0 Å². The Labute approximate surface area is 522 Å². The van der Waals surface area contributed by atoms with E-state index in [4.69, 9.17) is 4.42 Å². The van der Waals surface area contributed by atoms with E-state index in [1.54, 1.807) is 67.5 Å². The van der Waals surface area contributed by atoms with Gasteiger partial charge in [-0.1, -0.05) is 67.5 Å². The van der Waals surface area contributed by atoms with Crippen molar-refractivity contribution in [1.82, 2.24) is 63.0 Å². The highest BCUT2D eigenvalue weighted by atomic mass is 16.3. The normalized spacial score (nSPS) is 15.8. The maximum absolute atomic E-state index is 13.8. The summed E-state index contributed by atoms with van der Waals surface area (Å²) < 4.78 is 6.11. The van der Waals surface area contributed by atoms with E-state index in [2.05, 4.69) is 53.2 Å². The number of nitrogens with one attached hydrogen (secondary N) is 10. The zero-order valence-corrected chi connectivity index (χ0v) is 54.5. The summed E-state index contributed by atoms with van der Waals surface area (Å²) >= 11 is 0. The number of likely N-dealkylation sites (N-methyl/N-ethyl adjacent to an activating group) is 2. The first-order chi connectivity index (χ1) is 41.5. The molecule has 89 heavy (non-hydrogen) atoms. The highest BCUT2D eigenvalue weighted by Gasteiger charge is 2.38. The van der Waals surface area contributed by atoms with Crippen LogP contribution in [0.4, 0.5) is 0 Å². The zero-order chi connectivity index (χ0) is 67.3. The van der Waals surface area contributed by atoms with Crippen molar-refractivity contribution in [2.24, 2.45) is 23.7 Å². The van der Waals surface area contributed by atoms with E-state index in [1.165, 1.54) is 27.7 Å². The van der Waals surface area contributed by atoms with E-state index in [0.29, 0.717) is 24.3 Å². The summed E-state index contributed by atoms with van der Waals surface area (Å²) in [4.78, 5) is 138. The van der Waals surface area contributed by atoms with Crippen LogP contribution in [0.5, 0.6) is 0 Å². The van der Waals surface area contributed by atoms with Gasteiger partial charge in [0.1, 0.15) is 59.5 Å². The third-order valence-electron chi connectivity index (χ3n) is 14.9. The van der Waals surface area contributed by atoms with Crippen molar-refractivity contribution in [3.8, 4) is 0 Å². The molecule has 0 aliphatic heterocycles. The molecule has 0 unspecified atom stereocenters. The highest BCUT2D eigenvalue weighted by Crippen LogP contribution is 2.31. The summed E-state index contributed by atoms with van der Waals surface area (Å²) in [5.41, 5.74) is 2.67. The smallest absolute Gasteiger partial charge is 0.245 e. The predicted molar refractivity (Wildman–Crippen MR) is 335 cm³/mol. The van der Waals surface area contributed by atoms with Crippen LogP contribution in [0, 0.1) is 23.7 Å². The number of carbonyl (C=O) groups is 10. The van der Waals surface area contributed by atoms with Gasteiger partial charge in [-0.25, -0.2) is 0 Å². The topological polar surface area (TPSA) is 392 Å². The molecule has 10 amide bonds. The largest absolute Gasteiger partial charge is 0.456 e. The highest BCUT2D eigenvalue weighted by molar-refractivity contribution is 6.05. The van der Waals surface area contributed by atoms with Gasteiger partial charge in [0.25, 0.3) is 0 Å². The van der Waals surface area contributed by atoms with Gasteiger partial charge in [-0.15, -0.1) is 0 Å². The molecule has 3 aromatic rings. The summed E-state index contributed by atoms with van der Waals surface area (Å²) in [7, 11) is 7.28. The fourth-order valence-corrected chi connectivity index (χ4v) is 9.43. The number of carbonyl (C=O) groups excluding carboxylic acids is 10. The first kappa shape index (κ1) is 75.9. The van der Waals surface area contributed by atoms with E-state index < -0.39 is 155 Å². The van der Waals surface area contributed by atoms with Crippen molar-refractivity contribution in [3.05, 3.63) is 47.5 Å². The van der Waals surface area contributed by atoms with Gasteiger partial charge in [0.05, 0.1) is 24.4 Å². The van der Waals surface area contributed by atoms with Crippen LogP contribution in [0.15, 0.2) is 40.8 Å². The number of aliphatic hydroxyl groups is 4. The average Bonchev–Trinajstić information content (AvgIpc) is 1.70. The van der Waals surface area contributed by atoms with E-state index in [9.17, 15) is 68.4 Å². The fourth-order valence-electron chi connectivity index (χ4n) is 9.43. The molecule has 0 bridgehead atoms. The van der Waals surface area contributed by atoms with Gasteiger partial charge < -0.3 is 87.8 Å². The van der Waals surface area contributed by atoms with Gasteiger partial charge in [-0.2, -0.15) is 0 Å². The Morgan fingerprint density at radius 3 is 0.876 bits per heavy atom. The lowest BCUT2D eigenvalue weighted by atomic mass is 9.99. The second-order valence-corrected chi connectivity index (χ2v) is 24.9. The summed E-state index contributed by atoms with van der Waals surface area (Å²) in [6, 6.07) is 0.361. The van der Waals surface area contributed by atoms with Crippen LogP contribution in [-0.4, -0.2) is 216 Å². The summed E-state index contributed by atoms with van der Waals surface area (Å²) in [5.74, 6) is -9.10. The summed E-state index contributed by atoms with van der Waals surface area (Å²) in [5, 5.41) is 69.6. The standard InChI is InChI=1S/C62H100N12O15/c1-31(2)47(57(83)71-53(37(11)77)61(87)67-49(33(5)6)59(85)69-51(35(9)75)55(81)63-25-27-73(13)14)65-45(79)23-19-39-17-21-43-41(29-39)42-30-40(18-22-44(42)89-43)20-24-46(80)66-48(32(3)4)58(84)72-54(38(12)78)62(88)68-50(34(7)8)60(86)70-52(36(10)76)56(82)64-26-28-74(15)16/h17-18,21-22,29-38,47-54,75-78H,19-20,23-28H2,1-16H3,(H,63,81)(H,64,82)(H,65,79)(H,66,80)(H,67,87)(H,68,88)(H,69,85)(H,70,86)(H,71,83)(H,72,84)/t35-,36-,37-,38-,47+,48+,49+,50+,51+,52+,53+,54+/m1/s1. The maximum atomic E-state index is 13.8. The van der Waals surface area contributed by atoms with E-state index in [0.717, 1.165) is 21.9 Å². The molecule has 3 rings (SSSR count). The third-order valence-corrected chi connectivity index (χ3v) is 14.9. The molecule has 27 heteroatoms. The SMILES string of the molecule is CC(C)[C@H](NC(=O)CCc1ccc2oc3ccc(CCC(=O)N[C@H](C(=O)N[C@H](C(=O)N[C@H](C(=O)N[C@H](C(=O)NCCN(C)C)[C@@H](C)O)C(C)C)[C@@H](C)O)C(C)C)cc3c2c1)C(=O)N[C@H](C(=O)N[C@H](C(=O)N[C@H](C(=O)NCCN(C)C)[C@@H](C)O)C(C)C)[C@@H](C)O. The minimum absolute atomic E-state index is 0.0450. The number of aryl methyl sites for hydroxylation is 2. The molecule has 0 saturated heterocycles. The number of aliphatic hydroxyl groups excluding tert-OH is 4. The molecule has 12 atom stereocenters.